The van der Waals surface area contributed by atoms with Crippen LogP contribution in [0.4, 0.5) is 0 Å². The third-order valence-corrected chi connectivity index (χ3v) is 5.19. The standard InChI is InChI=1S/C19H29BN3/c1-20-17-13-16-14-21-18(23-19(16)22-17)15-11-9-7-5-3-2-4-6-8-10-12-15/h13-15H,2-12H2,1H3,(H,21,22,23). The smallest absolute Gasteiger partial charge is 0.171 e. The third-order valence-electron chi connectivity index (χ3n) is 5.19. The zero-order valence-corrected chi connectivity index (χ0v) is 14.5. The molecule has 3 nitrogen and oxygen atoms in total. The van der Waals surface area contributed by atoms with Gasteiger partial charge in [-0.05, 0) is 24.5 Å². The lowest BCUT2D eigenvalue weighted by Gasteiger charge is -2.16. The van der Waals surface area contributed by atoms with Crippen molar-refractivity contribution < 1.29 is 0 Å². The van der Waals surface area contributed by atoms with Gasteiger partial charge in [-0.2, -0.15) is 0 Å². The second-order valence-electron chi connectivity index (χ2n) is 7.00. The molecule has 123 valence electrons. The fraction of sp³-hybridized carbons (Fsp3) is 0.684. The average Bonchev–Trinajstić information content (AvgIpc) is 2.97. The van der Waals surface area contributed by atoms with Crippen molar-refractivity contribution in [2.75, 3.05) is 0 Å². The van der Waals surface area contributed by atoms with Gasteiger partial charge in [0.2, 0.25) is 0 Å². The van der Waals surface area contributed by atoms with E-state index in [-0.39, 0.29) is 0 Å². The first-order valence-electron chi connectivity index (χ1n) is 9.52. The molecule has 0 aromatic carbocycles. The number of aromatic nitrogens is 3. The van der Waals surface area contributed by atoms with Gasteiger partial charge in [-0.1, -0.05) is 64.6 Å². The molecule has 0 atom stereocenters. The Morgan fingerprint density at radius 1 is 0.957 bits per heavy atom. The van der Waals surface area contributed by atoms with Crippen LogP contribution in [0.2, 0.25) is 6.82 Å². The Labute approximate surface area is 140 Å². The van der Waals surface area contributed by atoms with Gasteiger partial charge in [-0.25, -0.2) is 9.97 Å². The van der Waals surface area contributed by atoms with Crippen LogP contribution < -0.4 is 5.59 Å². The van der Waals surface area contributed by atoms with Gasteiger partial charge in [0.15, 0.2) is 7.28 Å². The second-order valence-corrected chi connectivity index (χ2v) is 7.00. The zero-order valence-electron chi connectivity index (χ0n) is 14.5. The number of aromatic amines is 1. The summed E-state index contributed by atoms with van der Waals surface area (Å²) in [5.74, 6) is 1.59. The van der Waals surface area contributed by atoms with Crippen molar-refractivity contribution in [2.24, 2.45) is 0 Å². The zero-order chi connectivity index (χ0) is 15.9. The Hall–Kier alpha value is -1.32. The molecule has 0 bridgehead atoms. The van der Waals surface area contributed by atoms with Crippen molar-refractivity contribution in [3.63, 3.8) is 0 Å². The third kappa shape index (κ3) is 4.59. The maximum absolute atomic E-state index is 4.85. The summed E-state index contributed by atoms with van der Waals surface area (Å²) in [6.07, 6.45) is 17.0. The van der Waals surface area contributed by atoms with Crippen LogP contribution >= 0.6 is 0 Å². The lowest BCUT2D eigenvalue weighted by Crippen LogP contribution is -2.10. The maximum atomic E-state index is 4.85. The molecule has 1 saturated carbocycles. The summed E-state index contributed by atoms with van der Waals surface area (Å²) in [6.45, 7) is 2.05. The second kappa shape index (κ2) is 8.51. The van der Waals surface area contributed by atoms with Crippen molar-refractivity contribution in [1.82, 2.24) is 15.0 Å². The Morgan fingerprint density at radius 3 is 2.17 bits per heavy atom. The number of H-pyrrole nitrogens is 1. The molecule has 0 amide bonds. The van der Waals surface area contributed by atoms with Crippen LogP contribution in [-0.2, 0) is 0 Å². The largest absolute Gasteiger partial charge is 0.352 e. The summed E-state index contributed by atoms with van der Waals surface area (Å²) < 4.78 is 0. The van der Waals surface area contributed by atoms with Gasteiger partial charge in [0, 0.05) is 17.5 Å². The fourth-order valence-electron chi connectivity index (χ4n) is 3.72. The van der Waals surface area contributed by atoms with Crippen LogP contribution in [0.3, 0.4) is 0 Å². The summed E-state index contributed by atoms with van der Waals surface area (Å²) in [5, 5.41) is 1.12. The predicted octanol–water partition coefficient (Wildman–Crippen LogP) is 4.72. The van der Waals surface area contributed by atoms with Gasteiger partial charge >= 0.3 is 0 Å². The van der Waals surface area contributed by atoms with E-state index in [1.54, 1.807) is 0 Å². The quantitative estimate of drug-likeness (QED) is 0.815. The molecule has 1 aliphatic rings. The van der Waals surface area contributed by atoms with Crippen molar-refractivity contribution in [2.45, 2.75) is 83.4 Å². The molecule has 0 unspecified atom stereocenters. The topological polar surface area (TPSA) is 41.6 Å². The first kappa shape index (κ1) is 16.5. The van der Waals surface area contributed by atoms with Crippen molar-refractivity contribution in [1.29, 1.82) is 0 Å². The van der Waals surface area contributed by atoms with E-state index < -0.39 is 0 Å². The van der Waals surface area contributed by atoms with E-state index in [1.807, 2.05) is 13.0 Å². The summed E-state index contributed by atoms with van der Waals surface area (Å²) in [7, 11) is 2.08. The number of hydrogen-bond donors (Lipinski definition) is 1. The monoisotopic (exact) mass is 310 g/mol. The number of nitrogens with zero attached hydrogens (tertiary/aromatic N) is 2. The van der Waals surface area contributed by atoms with E-state index in [1.165, 1.54) is 70.6 Å². The van der Waals surface area contributed by atoms with Gasteiger partial charge in [-0.3, -0.25) is 0 Å². The minimum absolute atomic E-state index is 0.538. The van der Waals surface area contributed by atoms with E-state index in [0.717, 1.165) is 22.5 Å². The molecule has 2 aromatic rings. The molecular weight excluding hydrogens is 281 g/mol. The number of rotatable bonds is 2. The lowest BCUT2D eigenvalue weighted by atomic mass is 9.78. The van der Waals surface area contributed by atoms with Crippen LogP contribution in [0.1, 0.15) is 82.4 Å². The van der Waals surface area contributed by atoms with Gasteiger partial charge in [0.1, 0.15) is 11.5 Å². The molecule has 0 aliphatic heterocycles. The van der Waals surface area contributed by atoms with E-state index in [4.69, 9.17) is 9.97 Å². The highest BCUT2D eigenvalue weighted by atomic mass is 14.9. The van der Waals surface area contributed by atoms with E-state index in [0.29, 0.717) is 5.92 Å². The first-order chi connectivity index (χ1) is 11.4. The molecule has 0 saturated heterocycles. The number of hydrogen-bond acceptors (Lipinski definition) is 2. The summed E-state index contributed by atoms with van der Waals surface area (Å²) in [6, 6.07) is 2.13. The highest BCUT2D eigenvalue weighted by molar-refractivity contribution is 6.51. The Bertz CT molecular complexity index is 596. The van der Waals surface area contributed by atoms with Crippen LogP contribution in [0.5, 0.6) is 0 Å². The fourth-order valence-corrected chi connectivity index (χ4v) is 3.72. The van der Waals surface area contributed by atoms with Gasteiger partial charge in [0.05, 0.1) is 0 Å². The summed E-state index contributed by atoms with van der Waals surface area (Å²) in [4.78, 5) is 12.9. The van der Waals surface area contributed by atoms with Crippen molar-refractivity contribution in [3.05, 3.63) is 18.1 Å². The Balaban J connectivity index is 1.72. The molecular formula is C19H29BN3. The van der Waals surface area contributed by atoms with Crippen molar-refractivity contribution in [3.8, 4) is 0 Å². The molecule has 23 heavy (non-hydrogen) atoms. The molecule has 2 aromatic heterocycles. The highest BCUT2D eigenvalue weighted by Gasteiger charge is 2.16. The van der Waals surface area contributed by atoms with E-state index in [2.05, 4.69) is 18.3 Å². The highest BCUT2D eigenvalue weighted by Crippen LogP contribution is 2.28. The SMILES string of the molecule is C[B]c1cc2cnc(C3CCCCCCCCCCC3)nc2[nH]1. The summed E-state index contributed by atoms with van der Waals surface area (Å²) >= 11 is 0. The first-order valence-corrected chi connectivity index (χ1v) is 9.52. The van der Waals surface area contributed by atoms with Crippen LogP contribution in [0.25, 0.3) is 11.0 Å². The number of nitrogens with one attached hydrogen (secondary N) is 1. The number of fused-ring (bicyclic) bond motifs is 1. The Kier molecular flexibility index (Phi) is 6.12. The molecule has 1 aliphatic carbocycles. The van der Waals surface area contributed by atoms with Gasteiger partial charge < -0.3 is 4.98 Å². The van der Waals surface area contributed by atoms with Crippen LogP contribution in [0, 0.1) is 0 Å². The Morgan fingerprint density at radius 2 is 1.57 bits per heavy atom. The lowest BCUT2D eigenvalue weighted by molar-refractivity contribution is 0.456. The molecule has 1 N–H and O–H groups in total. The average molecular weight is 310 g/mol. The van der Waals surface area contributed by atoms with Crippen LogP contribution in [-0.4, -0.2) is 22.2 Å². The van der Waals surface area contributed by atoms with Crippen LogP contribution in [0.15, 0.2) is 12.3 Å². The van der Waals surface area contributed by atoms with E-state index >= 15 is 0 Å². The molecule has 1 radical (unpaired) electrons. The molecule has 3 rings (SSSR count). The van der Waals surface area contributed by atoms with Crippen molar-refractivity contribution >= 4 is 23.9 Å². The molecule has 2 heterocycles. The maximum Gasteiger partial charge on any atom is 0.171 e. The summed E-state index contributed by atoms with van der Waals surface area (Å²) in [5.41, 5.74) is 2.12. The normalized spacial score (nSPS) is 19.2. The minimum Gasteiger partial charge on any atom is -0.352 e. The predicted molar refractivity (Wildman–Crippen MR) is 98.7 cm³/mol. The minimum atomic E-state index is 0.538. The van der Waals surface area contributed by atoms with Gasteiger partial charge in [-0.15, -0.1) is 0 Å². The van der Waals surface area contributed by atoms with E-state index in [9.17, 15) is 0 Å². The molecule has 0 spiro atoms. The molecule has 1 fully saturated rings. The van der Waals surface area contributed by atoms with Gasteiger partial charge in [0.25, 0.3) is 0 Å². The molecule has 4 heteroatoms.